The van der Waals surface area contributed by atoms with Crippen molar-refractivity contribution in [2.75, 3.05) is 19.6 Å². The molecule has 0 aromatic carbocycles. The van der Waals surface area contributed by atoms with Crippen LogP contribution < -0.4 is 5.32 Å². The van der Waals surface area contributed by atoms with Gasteiger partial charge in [0, 0.05) is 6.54 Å². The summed E-state index contributed by atoms with van der Waals surface area (Å²) < 4.78 is 4.61. The molecule has 1 amide bonds. The van der Waals surface area contributed by atoms with E-state index in [9.17, 15) is 4.79 Å². The van der Waals surface area contributed by atoms with Crippen molar-refractivity contribution < 1.29 is 9.21 Å². The molecule has 6 heteroatoms. The highest BCUT2D eigenvalue weighted by Crippen LogP contribution is 2.63. The van der Waals surface area contributed by atoms with Crippen LogP contribution in [0.5, 0.6) is 0 Å². The Kier molecular flexibility index (Phi) is 3.97. The number of amides is 1. The number of nitrogens with one attached hydrogen (secondary N) is 1. The Morgan fingerprint density at radius 1 is 1.48 bits per heavy atom. The molecule has 1 aliphatic heterocycles. The number of hydrogen-bond donors (Lipinski definition) is 1. The molecule has 1 aliphatic carbocycles. The van der Waals surface area contributed by atoms with Crippen LogP contribution >= 0.6 is 23.2 Å². The summed E-state index contributed by atoms with van der Waals surface area (Å²) in [5, 5.41) is 3.00. The van der Waals surface area contributed by atoms with Crippen LogP contribution in [0.2, 0.25) is 0 Å². The van der Waals surface area contributed by atoms with Crippen molar-refractivity contribution in [2.24, 2.45) is 5.41 Å². The van der Waals surface area contributed by atoms with E-state index in [0.717, 1.165) is 18.8 Å². The van der Waals surface area contributed by atoms with E-state index in [0.29, 0.717) is 13.0 Å². The highest BCUT2D eigenvalue weighted by atomic mass is 35.5. The molecule has 1 N–H and O–H groups in total. The van der Waals surface area contributed by atoms with Gasteiger partial charge in [-0.15, -0.1) is 23.2 Å². The second kappa shape index (κ2) is 5.49. The van der Waals surface area contributed by atoms with Crippen molar-refractivity contribution in [2.45, 2.75) is 36.6 Å². The topological polar surface area (TPSA) is 45.5 Å². The van der Waals surface area contributed by atoms with E-state index in [2.05, 4.69) is 10.2 Å². The molecule has 2 atom stereocenters. The minimum absolute atomic E-state index is 0.0776. The third-order valence-corrected chi connectivity index (χ3v) is 5.77. The molecule has 1 aromatic heterocycles. The van der Waals surface area contributed by atoms with Crippen LogP contribution in [0.15, 0.2) is 22.8 Å². The van der Waals surface area contributed by atoms with E-state index in [1.54, 1.807) is 13.2 Å². The molecular weight excluding hydrogens is 311 g/mol. The largest absolute Gasteiger partial charge is 0.468 e. The molecule has 2 heterocycles. The second-order valence-electron chi connectivity index (χ2n) is 6.20. The zero-order chi connectivity index (χ0) is 15.1. The van der Waals surface area contributed by atoms with Gasteiger partial charge >= 0.3 is 0 Å². The molecule has 0 radical (unpaired) electrons. The zero-order valence-electron chi connectivity index (χ0n) is 12.1. The first-order valence-corrected chi connectivity index (χ1v) is 8.13. The van der Waals surface area contributed by atoms with Gasteiger partial charge in [0.25, 0.3) is 0 Å². The van der Waals surface area contributed by atoms with Crippen LogP contribution in [0.1, 0.15) is 38.0 Å². The standard InChI is InChI=1S/C15H20Cl2N2O2/c1-14(10-15(14,16)17)13(20)18-9-11(12-5-4-8-21-12)19-6-2-3-7-19/h4-5,8,11H,2-3,6-7,9-10H2,1H3,(H,18,20). The van der Waals surface area contributed by atoms with Crippen molar-refractivity contribution >= 4 is 29.1 Å². The minimum Gasteiger partial charge on any atom is -0.468 e. The van der Waals surface area contributed by atoms with Crippen LogP contribution in [0, 0.1) is 5.41 Å². The Bertz CT molecular complexity index is 512. The molecule has 0 bridgehead atoms. The molecule has 0 spiro atoms. The molecule has 1 saturated carbocycles. The van der Waals surface area contributed by atoms with Gasteiger partial charge in [-0.05, 0) is 51.4 Å². The smallest absolute Gasteiger partial charge is 0.229 e. The number of rotatable bonds is 5. The number of halogens is 2. The van der Waals surface area contributed by atoms with Crippen LogP contribution in [-0.2, 0) is 4.79 Å². The van der Waals surface area contributed by atoms with E-state index < -0.39 is 9.75 Å². The van der Waals surface area contributed by atoms with Gasteiger partial charge in [0.05, 0.1) is 17.7 Å². The normalized spacial score (nSPS) is 29.3. The van der Waals surface area contributed by atoms with E-state index >= 15 is 0 Å². The van der Waals surface area contributed by atoms with E-state index in [1.165, 1.54) is 12.8 Å². The summed E-state index contributed by atoms with van der Waals surface area (Å²) >= 11 is 12.1. The number of likely N-dealkylation sites (tertiary alicyclic amines) is 1. The maximum Gasteiger partial charge on any atom is 0.229 e. The fourth-order valence-corrected chi connectivity index (χ4v) is 3.68. The number of carbonyl (C=O) groups excluding carboxylic acids is 1. The summed E-state index contributed by atoms with van der Waals surface area (Å²) in [6, 6.07) is 3.92. The molecule has 1 saturated heterocycles. The third-order valence-electron chi connectivity index (χ3n) is 4.67. The average molecular weight is 331 g/mol. The first-order valence-electron chi connectivity index (χ1n) is 7.38. The Balaban J connectivity index is 1.64. The maximum absolute atomic E-state index is 12.3. The Morgan fingerprint density at radius 3 is 2.67 bits per heavy atom. The van der Waals surface area contributed by atoms with E-state index in [4.69, 9.17) is 27.6 Å². The third kappa shape index (κ3) is 2.81. The zero-order valence-corrected chi connectivity index (χ0v) is 13.6. The molecule has 2 fully saturated rings. The van der Waals surface area contributed by atoms with Crippen LogP contribution in [0.25, 0.3) is 0 Å². The average Bonchev–Trinajstić information content (AvgIpc) is 2.97. The lowest BCUT2D eigenvalue weighted by Gasteiger charge is -2.26. The SMILES string of the molecule is CC1(C(=O)NCC(c2ccco2)N2CCCC2)CC1(Cl)Cl. The van der Waals surface area contributed by atoms with Crippen LogP contribution in [0.3, 0.4) is 0 Å². The highest BCUT2D eigenvalue weighted by molar-refractivity contribution is 6.53. The molecule has 2 aliphatic rings. The summed E-state index contributed by atoms with van der Waals surface area (Å²) in [5.41, 5.74) is -0.672. The molecular formula is C15H20Cl2N2O2. The van der Waals surface area contributed by atoms with Gasteiger partial charge in [-0.1, -0.05) is 0 Å². The quantitative estimate of drug-likeness (QED) is 0.843. The van der Waals surface area contributed by atoms with Gasteiger partial charge in [-0.25, -0.2) is 0 Å². The van der Waals surface area contributed by atoms with Crippen LogP contribution in [0.4, 0.5) is 0 Å². The Morgan fingerprint density at radius 2 is 2.14 bits per heavy atom. The first kappa shape index (κ1) is 15.2. The predicted octanol–water partition coefficient (Wildman–Crippen LogP) is 3.12. The monoisotopic (exact) mass is 330 g/mol. The van der Waals surface area contributed by atoms with Crippen molar-refractivity contribution in [1.29, 1.82) is 0 Å². The fraction of sp³-hybridized carbons (Fsp3) is 0.667. The van der Waals surface area contributed by atoms with Gasteiger partial charge in [0.15, 0.2) is 0 Å². The Hall–Kier alpha value is -0.710. The van der Waals surface area contributed by atoms with E-state index in [1.807, 2.05) is 12.1 Å². The van der Waals surface area contributed by atoms with Crippen molar-refractivity contribution in [3.63, 3.8) is 0 Å². The lowest BCUT2D eigenvalue weighted by atomic mass is 10.1. The van der Waals surface area contributed by atoms with Crippen molar-refractivity contribution in [3.8, 4) is 0 Å². The molecule has 1 aromatic rings. The summed E-state index contributed by atoms with van der Waals surface area (Å²) in [6.07, 6.45) is 4.56. The summed E-state index contributed by atoms with van der Waals surface area (Å²) in [5.74, 6) is 0.810. The highest BCUT2D eigenvalue weighted by Gasteiger charge is 2.67. The number of hydrogen-bond acceptors (Lipinski definition) is 3. The van der Waals surface area contributed by atoms with Crippen molar-refractivity contribution in [1.82, 2.24) is 10.2 Å². The predicted molar refractivity (Wildman–Crippen MR) is 82.4 cm³/mol. The number of furan rings is 1. The van der Waals surface area contributed by atoms with Crippen LogP contribution in [-0.4, -0.2) is 34.8 Å². The number of alkyl halides is 2. The van der Waals surface area contributed by atoms with E-state index in [-0.39, 0.29) is 11.9 Å². The van der Waals surface area contributed by atoms with Crippen molar-refractivity contribution in [3.05, 3.63) is 24.2 Å². The fourth-order valence-electron chi connectivity index (χ4n) is 2.97. The number of nitrogens with zero attached hydrogens (tertiary/aromatic N) is 1. The summed E-state index contributed by atoms with van der Waals surface area (Å²) in [4.78, 5) is 14.7. The second-order valence-corrected chi connectivity index (χ2v) is 7.68. The summed E-state index contributed by atoms with van der Waals surface area (Å²) in [7, 11) is 0. The summed E-state index contributed by atoms with van der Waals surface area (Å²) in [6.45, 7) is 4.40. The lowest BCUT2D eigenvalue weighted by Crippen LogP contribution is -2.40. The maximum atomic E-state index is 12.3. The molecule has 3 rings (SSSR count). The van der Waals surface area contributed by atoms with Gasteiger partial charge < -0.3 is 9.73 Å². The van der Waals surface area contributed by atoms with Gasteiger partial charge in [-0.2, -0.15) is 0 Å². The molecule has 2 unspecified atom stereocenters. The molecule has 21 heavy (non-hydrogen) atoms. The Labute approximate surface area is 134 Å². The van der Waals surface area contributed by atoms with Gasteiger partial charge in [-0.3, -0.25) is 9.69 Å². The lowest BCUT2D eigenvalue weighted by molar-refractivity contribution is -0.126. The van der Waals surface area contributed by atoms with Gasteiger partial charge in [0.1, 0.15) is 10.1 Å². The molecule has 4 nitrogen and oxygen atoms in total. The molecule has 116 valence electrons. The minimum atomic E-state index is -0.926. The first-order chi connectivity index (χ1) is 9.94. The number of carbonyl (C=O) groups is 1. The van der Waals surface area contributed by atoms with Gasteiger partial charge in [0.2, 0.25) is 5.91 Å².